The lowest BCUT2D eigenvalue weighted by Crippen LogP contribution is -2.21. The zero-order valence-electron chi connectivity index (χ0n) is 16.6. The van der Waals surface area contributed by atoms with E-state index in [2.05, 4.69) is 23.5 Å². The first kappa shape index (κ1) is 20.4. The average molecular weight is 418 g/mol. The van der Waals surface area contributed by atoms with E-state index in [-0.39, 0.29) is 0 Å². The predicted molar refractivity (Wildman–Crippen MR) is 123 cm³/mol. The summed E-state index contributed by atoms with van der Waals surface area (Å²) >= 11 is 6.28. The maximum atomic E-state index is 10.5. The van der Waals surface area contributed by atoms with Gasteiger partial charge in [-0.05, 0) is 28.5 Å². The maximum Gasteiger partial charge on any atom is 0.124 e. The van der Waals surface area contributed by atoms with Gasteiger partial charge < -0.3 is 15.2 Å². The molecular formula is C26H24ClNO2. The lowest BCUT2D eigenvalue weighted by molar-refractivity contribution is 0.174. The second-order valence-corrected chi connectivity index (χ2v) is 7.61. The molecule has 0 saturated carbocycles. The monoisotopic (exact) mass is 417 g/mol. The SMILES string of the molecule is OC(CNCc1c(OCc2ccccc2Cl)ccc2ccccc12)c1ccccc1. The van der Waals surface area contributed by atoms with Crippen molar-refractivity contribution in [2.24, 2.45) is 0 Å². The van der Waals surface area contributed by atoms with Gasteiger partial charge >= 0.3 is 0 Å². The van der Waals surface area contributed by atoms with Crippen molar-refractivity contribution < 1.29 is 9.84 Å². The molecule has 0 fully saturated rings. The van der Waals surface area contributed by atoms with Gasteiger partial charge in [0, 0.05) is 29.2 Å². The number of fused-ring (bicyclic) bond motifs is 1. The van der Waals surface area contributed by atoms with E-state index in [0.29, 0.717) is 24.7 Å². The number of ether oxygens (including phenoxy) is 1. The molecule has 1 atom stereocenters. The van der Waals surface area contributed by atoms with Crippen molar-refractivity contribution in [1.82, 2.24) is 5.32 Å². The highest BCUT2D eigenvalue weighted by molar-refractivity contribution is 6.31. The van der Waals surface area contributed by atoms with Gasteiger partial charge in [-0.1, -0.05) is 90.5 Å². The van der Waals surface area contributed by atoms with E-state index in [9.17, 15) is 5.11 Å². The fourth-order valence-electron chi connectivity index (χ4n) is 3.53. The lowest BCUT2D eigenvalue weighted by atomic mass is 10.0. The average Bonchev–Trinajstić information content (AvgIpc) is 2.79. The van der Waals surface area contributed by atoms with Crippen molar-refractivity contribution in [3.63, 3.8) is 0 Å². The van der Waals surface area contributed by atoms with Crippen LogP contribution < -0.4 is 10.1 Å². The number of hydrogen-bond donors (Lipinski definition) is 2. The zero-order valence-corrected chi connectivity index (χ0v) is 17.3. The van der Waals surface area contributed by atoms with Crippen molar-refractivity contribution in [2.45, 2.75) is 19.3 Å². The molecule has 4 heteroatoms. The molecular weight excluding hydrogens is 394 g/mol. The Bertz CT molecular complexity index is 1110. The highest BCUT2D eigenvalue weighted by atomic mass is 35.5. The van der Waals surface area contributed by atoms with Gasteiger partial charge in [0.25, 0.3) is 0 Å². The Morgan fingerprint density at radius 3 is 2.40 bits per heavy atom. The van der Waals surface area contributed by atoms with E-state index >= 15 is 0 Å². The molecule has 1 unspecified atom stereocenters. The first-order chi connectivity index (χ1) is 14.7. The van der Waals surface area contributed by atoms with Crippen LogP contribution >= 0.6 is 11.6 Å². The third kappa shape index (κ3) is 4.82. The van der Waals surface area contributed by atoms with Crippen molar-refractivity contribution in [2.75, 3.05) is 6.54 Å². The van der Waals surface area contributed by atoms with Gasteiger partial charge in [-0.15, -0.1) is 0 Å². The third-order valence-corrected chi connectivity index (χ3v) is 5.53. The molecule has 0 spiro atoms. The Labute approximate surface area is 181 Å². The number of halogens is 1. The summed E-state index contributed by atoms with van der Waals surface area (Å²) < 4.78 is 6.17. The Morgan fingerprint density at radius 2 is 1.57 bits per heavy atom. The highest BCUT2D eigenvalue weighted by Crippen LogP contribution is 2.29. The molecule has 2 N–H and O–H groups in total. The molecule has 0 saturated heterocycles. The first-order valence-electron chi connectivity index (χ1n) is 10.0. The fraction of sp³-hybridized carbons (Fsp3) is 0.154. The standard InChI is InChI=1S/C26H24ClNO2/c27-24-13-7-5-11-21(24)18-30-26-15-14-19-8-4-6-12-22(19)23(26)16-28-17-25(29)20-9-2-1-3-10-20/h1-15,25,28-29H,16-18H2. The van der Waals surface area contributed by atoms with E-state index in [1.54, 1.807) is 0 Å². The smallest absolute Gasteiger partial charge is 0.124 e. The molecule has 0 aromatic heterocycles. The Hall–Kier alpha value is -2.85. The summed E-state index contributed by atoms with van der Waals surface area (Å²) in [6.45, 7) is 1.44. The number of nitrogens with one attached hydrogen (secondary N) is 1. The molecule has 0 heterocycles. The molecule has 30 heavy (non-hydrogen) atoms. The molecule has 0 aliphatic rings. The minimum absolute atomic E-state index is 0.400. The second kappa shape index (κ2) is 9.77. The van der Waals surface area contributed by atoms with Gasteiger partial charge in [0.1, 0.15) is 12.4 Å². The van der Waals surface area contributed by atoms with Gasteiger partial charge in [0.05, 0.1) is 6.10 Å². The van der Waals surface area contributed by atoms with Crippen molar-refractivity contribution >= 4 is 22.4 Å². The van der Waals surface area contributed by atoms with Crippen molar-refractivity contribution in [1.29, 1.82) is 0 Å². The summed E-state index contributed by atoms with van der Waals surface area (Å²) in [7, 11) is 0. The van der Waals surface area contributed by atoms with Crippen molar-refractivity contribution in [3.8, 4) is 5.75 Å². The summed E-state index contributed by atoms with van der Waals surface area (Å²) in [5.41, 5.74) is 2.92. The number of hydrogen-bond acceptors (Lipinski definition) is 3. The van der Waals surface area contributed by atoms with Crippen LogP contribution in [0.5, 0.6) is 5.75 Å². The van der Waals surface area contributed by atoms with Crippen molar-refractivity contribution in [3.05, 3.63) is 113 Å². The number of benzene rings is 4. The van der Waals surface area contributed by atoms with E-state index < -0.39 is 6.10 Å². The van der Waals surface area contributed by atoms with Crippen LogP contribution in [0.3, 0.4) is 0 Å². The van der Waals surface area contributed by atoms with Gasteiger partial charge in [0.15, 0.2) is 0 Å². The highest BCUT2D eigenvalue weighted by Gasteiger charge is 2.12. The van der Waals surface area contributed by atoms with Gasteiger partial charge in [0.2, 0.25) is 0 Å². The summed E-state index contributed by atoms with van der Waals surface area (Å²) in [6, 6.07) is 29.7. The van der Waals surface area contributed by atoms with Crippen LogP contribution in [0.2, 0.25) is 5.02 Å². The van der Waals surface area contributed by atoms with Crippen LogP contribution in [-0.2, 0) is 13.2 Å². The molecule has 0 aliphatic carbocycles. The second-order valence-electron chi connectivity index (χ2n) is 7.20. The van der Waals surface area contributed by atoms with Crippen LogP contribution in [0.1, 0.15) is 22.8 Å². The molecule has 4 aromatic rings. The quantitative estimate of drug-likeness (QED) is 0.375. The summed E-state index contributed by atoms with van der Waals surface area (Å²) in [6.07, 6.45) is -0.561. The molecule has 0 aliphatic heterocycles. The maximum absolute atomic E-state index is 10.5. The summed E-state index contributed by atoms with van der Waals surface area (Å²) in [5, 5.41) is 16.8. The van der Waals surface area contributed by atoms with E-state index in [1.165, 1.54) is 0 Å². The van der Waals surface area contributed by atoms with Gasteiger partial charge in [-0.3, -0.25) is 0 Å². The van der Waals surface area contributed by atoms with Crippen LogP contribution in [0.15, 0.2) is 91.0 Å². The summed E-state index contributed by atoms with van der Waals surface area (Å²) in [4.78, 5) is 0. The first-order valence-corrected chi connectivity index (χ1v) is 10.4. The molecule has 0 radical (unpaired) electrons. The fourth-order valence-corrected chi connectivity index (χ4v) is 3.72. The van der Waals surface area contributed by atoms with E-state index in [0.717, 1.165) is 33.2 Å². The van der Waals surface area contributed by atoms with Crippen LogP contribution in [0.4, 0.5) is 0 Å². The molecule has 4 aromatic carbocycles. The van der Waals surface area contributed by atoms with Crippen LogP contribution in [0.25, 0.3) is 10.8 Å². The normalized spacial score (nSPS) is 12.1. The molecule has 4 rings (SSSR count). The Morgan fingerprint density at radius 1 is 0.833 bits per heavy atom. The topological polar surface area (TPSA) is 41.5 Å². The molecule has 152 valence electrons. The molecule has 0 amide bonds. The number of rotatable bonds is 8. The van der Waals surface area contributed by atoms with E-state index in [4.69, 9.17) is 16.3 Å². The minimum Gasteiger partial charge on any atom is -0.488 e. The predicted octanol–water partition coefficient (Wildman–Crippen LogP) is 5.90. The van der Waals surface area contributed by atoms with Gasteiger partial charge in [-0.25, -0.2) is 0 Å². The van der Waals surface area contributed by atoms with Crippen LogP contribution in [0, 0.1) is 0 Å². The largest absolute Gasteiger partial charge is 0.488 e. The van der Waals surface area contributed by atoms with Gasteiger partial charge in [-0.2, -0.15) is 0 Å². The molecule has 0 bridgehead atoms. The number of aliphatic hydroxyl groups excluding tert-OH is 1. The third-order valence-electron chi connectivity index (χ3n) is 5.16. The summed E-state index contributed by atoms with van der Waals surface area (Å²) in [5.74, 6) is 0.815. The Kier molecular flexibility index (Phi) is 6.65. The number of aliphatic hydroxyl groups is 1. The Balaban J connectivity index is 1.52. The molecule has 3 nitrogen and oxygen atoms in total. The zero-order chi connectivity index (χ0) is 20.8. The van der Waals surface area contributed by atoms with Crippen LogP contribution in [-0.4, -0.2) is 11.7 Å². The minimum atomic E-state index is -0.561. The lowest BCUT2D eigenvalue weighted by Gasteiger charge is -2.17. The van der Waals surface area contributed by atoms with E-state index in [1.807, 2.05) is 72.8 Å².